The second kappa shape index (κ2) is 11.9. The van der Waals surface area contributed by atoms with Gasteiger partial charge >= 0.3 is 0 Å². The van der Waals surface area contributed by atoms with E-state index in [0.29, 0.717) is 58.0 Å². The molecule has 4 heteroatoms. The number of allylic oxidation sites excluding steroid dienone is 1. The highest BCUT2D eigenvalue weighted by Gasteiger charge is 2.72. The van der Waals surface area contributed by atoms with Gasteiger partial charge in [-0.15, -0.1) is 0 Å². The quantitative estimate of drug-likeness (QED) is 0.263. The fourth-order valence-electron chi connectivity index (χ4n) is 15.5. The molecule has 276 valence electrons. The van der Waals surface area contributed by atoms with Gasteiger partial charge in [-0.25, -0.2) is 0 Å². The van der Waals surface area contributed by atoms with E-state index in [0.717, 1.165) is 76.2 Å². The summed E-state index contributed by atoms with van der Waals surface area (Å²) in [4.78, 5) is 33.4. The first-order valence-electron chi connectivity index (χ1n) is 21.1. The molecular weight excluding hydrogens is 601 g/mol. The number of carbonyl (C=O) groups excluding carboxylic acids is 2. The third kappa shape index (κ3) is 4.96. The van der Waals surface area contributed by atoms with Crippen LogP contribution in [-0.4, -0.2) is 54.2 Å². The van der Waals surface area contributed by atoms with Crippen LogP contribution in [0.25, 0.3) is 0 Å². The molecule has 0 radical (unpaired) electrons. The Bertz CT molecular complexity index is 1340. The van der Waals surface area contributed by atoms with Gasteiger partial charge in [0.05, 0.1) is 0 Å². The van der Waals surface area contributed by atoms with Crippen molar-refractivity contribution in [2.24, 2.45) is 79.8 Å². The smallest absolute Gasteiger partial charge is 0.226 e. The highest BCUT2D eigenvalue weighted by Crippen LogP contribution is 2.78. The standard InChI is InChI=1S/C45H74N2O2/c1-12-46-23-25-47(26-24-46)39(49)34-27-31(41(34,7)8)28-37(48)45-20-16-32(29(2)3)38(45)33-13-14-36-42(9)18-15-30(4)40(5,6)35(42)17-19-44(36,11)43(33,10)21-22-45/h30-36,38H,2,12-28H2,1,3-11H3/t30-,31-,32-,33+,34+,35-,36+,38+,42-,43+,44+,45+/m0/s1. The van der Waals surface area contributed by atoms with Crippen LogP contribution in [0.15, 0.2) is 12.2 Å². The summed E-state index contributed by atoms with van der Waals surface area (Å²) in [6.07, 6.45) is 14.3. The van der Waals surface area contributed by atoms with Crippen LogP contribution in [0.5, 0.6) is 0 Å². The van der Waals surface area contributed by atoms with Crippen LogP contribution in [0.3, 0.4) is 0 Å². The zero-order chi connectivity index (χ0) is 35.5. The monoisotopic (exact) mass is 675 g/mol. The molecule has 1 heterocycles. The molecule has 7 aliphatic rings. The first-order chi connectivity index (χ1) is 22.9. The summed E-state index contributed by atoms with van der Waals surface area (Å²) in [5.74, 6) is 5.24. The maximum absolute atomic E-state index is 15.1. The van der Waals surface area contributed by atoms with Gasteiger partial charge in [0.25, 0.3) is 0 Å². The second-order valence-electron chi connectivity index (χ2n) is 21.3. The number of carbonyl (C=O) groups is 2. The minimum Gasteiger partial charge on any atom is -0.340 e. The zero-order valence-electron chi connectivity index (χ0n) is 33.6. The summed E-state index contributed by atoms with van der Waals surface area (Å²) < 4.78 is 0. The number of nitrogens with zero attached hydrogens (tertiary/aromatic N) is 2. The van der Waals surface area contributed by atoms with Crippen molar-refractivity contribution in [3.63, 3.8) is 0 Å². The van der Waals surface area contributed by atoms with Gasteiger partial charge < -0.3 is 9.80 Å². The minimum absolute atomic E-state index is 0.0626. The lowest BCUT2D eigenvalue weighted by molar-refractivity contribution is -0.240. The van der Waals surface area contributed by atoms with Gasteiger partial charge in [-0.3, -0.25) is 9.59 Å². The van der Waals surface area contributed by atoms with Crippen LogP contribution in [0.1, 0.15) is 146 Å². The molecule has 1 saturated heterocycles. The molecule has 49 heavy (non-hydrogen) atoms. The lowest BCUT2D eigenvalue weighted by Crippen LogP contribution is -2.66. The molecule has 12 atom stereocenters. The van der Waals surface area contributed by atoms with Gasteiger partial charge in [0.1, 0.15) is 5.78 Å². The van der Waals surface area contributed by atoms with E-state index in [1.807, 2.05) is 0 Å². The summed E-state index contributed by atoms with van der Waals surface area (Å²) in [5, 5.41) is 0. The Hall–Kier alpha value is -1.16. The minimum atomic E-state index is -0.192. The van der Waals surface area contributed by atoms with Crippen LogP contribution in [0.2, 0.25) is 0 Å². The van der Waals surface area contributed by atoms with Crippen LogP contribution >= 0.6 is 0 Å². The van der Waals surface area contributed by atoms with Crippen molar-refractivity contribution in [1.82, 2.24) is 9.80 Å². The molecule has 1 amide bonds. The molecular formula is C45H74N2O2. The van der Waals surface area contributed by atoms with Crippen molar-refractivity contribution in [2.75, 3.05) is 32.7 Å². The molecule has 7 fully saturated rings. The topological polar surface area (TPSA) is 40.6 Å². The number of likely N-dealkylation sites (N-methyl/N-ethyl adjacent to an activating group) is 1. The summed E-state index contributed by atoms with van der Waals surface area (Å²) in [5.41, 5.74) is 2.48. The average Bonchev–Trinajstić information content (AvgIpc) is 3.46. The van der Waals surface area contributed by atoms with Gasteiger partial charge in [-0.2, -0.15) is 0 Å². The number of ketones is 1. The lowest BCUT2D eigenvalue weighted by atomic mass is 9.31. The van der Waals surface area contributed by atoms with Crippen molar-refractivity contribution in [1.29, 1.82) is 0 Å². The fraction of sp³-hybridized carbons (Fsp3) is 0.911. The maximum Gasteiger partial charge on any atom is 0.226 e. The molecule has 4 nitrogen and oxygen atoms in total. The Kier molecular flexibility index (Phi) is 8.81. The van der Waals surface area contributed by atoms with E-state index < -0.39 is 0 Å². The van der Waals surface area contributed by atoms with Gasteiger partial charge in [0, 0.05) is 43.9 Å². The molecule has 0 aromatic rings. The Morgan fingerprint density at radius 2 is 1.45 bits per heavy atom. The van der Waals surface area contributed by atoms with E-state index in [9.17, 15) is 4.79 Å². The lowest BCUT2D eigenvalue weighted by Gasteiger charge is -2.73. The van der Waals surface area contributed by atoms with Gasteiger partial charge in [0.15, 0.2) is 0 Å². The number of piperazine rings is 1. The van der Waals surface area contributed by atoms with Gasteiger partial charge in [0.2, 0.25) is 5.91 Å². The number of amides is 1. The maximum atomic E-state index is 15.1. The molecule has 6 aliphatic carbocycles. The Balaban J connectivity index is 1.12. The molecule has 0 aromatic heterocycles. The zero-order valence-corrected chi connectivity index (χ0v) is 33.6. The molecule has 0 bridgehead atoms. The van der Waals surface area contributed by atoms with E-state index in [1.54, 1.807) is 0 Å². The molecule has 0 unspecified atom stereocenters. The molecule has 0 spiro atoms. The number of hydrogen-bond acceptors (Lipinski definition) is 3. The first-order valence-corrected chi connectivity index (χ1v) is 21.1. The van der Waals surface area contributed by atoms with Crippen LogP contribution < -0.4 is 0 Å². The largest absolute Gasteiger partial charge is 0.340 e. The number of fused-ring (bicyclic) bond motifs is 7. The Morgan fingerprint density at radius 1 is 0.755 bits per heavy atom. The van der Waals surface area contributed by atoms with E-state index in [1.165, 1.54) is 50.5 Å². The van der Waals surface area contributed by atoms with Crippen molar-refractivity contribution in [2.45, 2.75) is 146 Å². The molecule has 0 aromatic carbocycles. The predicted molar refractivity (Wildman–Crippen MR) is 202 cm³/mol. The summed E-state index contributed by atoms with van der Waals surface area (Å²) in [6, 6.07) is 0. The Labute approximate surface area is 301 Å². The second-order valence-corrected chi connectivity index (χ2v) is 21.3. The van der Waals surface area contributed by atoms with Crippen molar-refractivity contribution < 1.29 is 9.59 Å². The Morgan fingerprint density at radius 3 is 2.08 bits per heavy atom. The number of rotatable bonds is 6. The van der Waals surface area contributed by atoms with Crippen molar-refractivity contribution in [3.05, 3.63) is 12.2 Å². The van der Waals surface area contributed by atoms with E-state index in [-0.39, 0.29) is 22.2 Å². The van der Waals surface area contributed by atoms with Crippen molar-refractivity contribution >= 4 is 11.7 Å². The summed E-state index contributed by atoms with van der Waals surface area (Å²) >= 11 is 0. The average molecular weight is 675 g/mol. The molecule has 7 rings (SSSR count). The van der Waals surface area contributed by atoms with E-state index >= 15 is 4.79 Å². The number of hydrogen-bond donors (Lipinski definition) is 0. The summed E-state index contributed by atoms with van der Waals surface area (Å²) in [6.45, 7) is 34.3. The van der Waals surface area contributed by atoms with E-state index in [4.69, 9.17) is 0 Å². The molecule has 1 aliphatic heterocycles. The normalized spacial score (nSPS) is 48.7. The first kappa shape index (κ1) is 36.2. The van der Waals surface area contributed by atoms with Gasteiger partial charge in [-0.05, 0) is 153 Å². The van der Waals surface area contributed by atoms with Crippen LogP contribution in [0, 0.1) is 79.8 Å². The fourth-order valence-corrected chi connectivity index (χ4v) is 15.5. The highest BCUT2D eigenvalue weighted by molar-refractivity contribution is 5.87. The predicted octanol–water partition coefficient (Wildman–Crippen LogP) is 10.1. The van der Waals surface area contributed by atoms with Crippen LogP contribution in [-0.2, 0) is 9.59 Å². The highest BCUT2D eigenvalue weighted by atomic mass is 16.2. The summed E-state index contributed by atoms with van der Waals surface area (Å²) in [7, 11) is 0. The molecule has 0 N–H and O–H groups in total. The third-order valence-electron chi connectivity index (χ3n) is 19.5. The molecule has 6 saturated carbocycles. The van der Waals surface area contributed by atoms with Crippen molar-refractivity contribution in [3.8, 4) is 0 Å². The SMILES string of the molecule is C=C(C)[C@@H]1CC[C@]2(C(=O)C[C@@H]3C[C@H](C(=O)N4CCN(CC)CC4)C3(C)C)CC[C@]3(C)[C@H](CC[C@@H]4[C@@]5(C)CC[C@H](C)C(C)(C)[C@@H]5CC[C@]43C)[C@@H]12. The third-order valence-corrected chi connectivity index (χ3v) is 19.5. The van der Waals surface area contributed by atoms with E-state index in [2.05, 4.69) is 85.6 Å². The number of Topliss-reactive ketones (excluding diaryl/α,β-unsaturated/α-hetero) is 1. The van der Waals surface area contributed by atoms with Crippen LogP contribution in [0.4, 0.5) is 0 Å². The van der Waals surface area contributed by atoms with Gasteiger partial charge in [-0.1, -0.05) is 74.5 Å².